The molecule has 1 aromatic carbocycles. The summed E-state index contributed by atoms with van der Waals surface area (Å²) in [6.07, 6.45) is 0.746. The summed E-state index contributed by atoms with van der Waals surface area (Å²) in [7, 11) is 0. The lowest BCUT2D eigenvalue weighted by Crippen LogP contribution is -2.37. The summed E-state index contributed by atoms with van der Waals surface area (Å²) in [4.78, 5) is 25.9. The van der Waals surface area contributed by atoms with Crippen LogP contribution in [0.25, 0.3) is 11.0 Å². The number of carbonyl (C=O) groups excluding carboxylic acids is 2. The first-order chi connectivity index (χ1) is 11.0. The van der Waals surface area contributed by atoms with Crippen LogP contribution in [-0.4, -0.2) is 36.5 Å². The van der Waals surface area contributed by atoms with Crippen LogP contribution in [0.2, 0.25) is 0 Å². The molecule has 0 unspecified atom stereocenters. The number of carbonyl (C=O) groups is 2. The number of amides is 1. The van der Waals surface area contributed by atoms with E-state index in [9.17, 15) is 9.59 Å². The van der Waals surface area contributed by atoms with Gasteiger partial charge >= 0.3 is 5.97 Å². The van der Waals surface area contributed by atoms with Gasteiger partial charge in [-0.15, -0.1) is 0 Å². The van der Waals surface area contributed by atoms with Gasteiger partial charge in [0.2, 0.25) is 0 Å². The molecule has 0 aliphatic heterocycles. The Bertz CT molecular complexity index is 723. The highest BCUT2D eigenvalue weighted by molar-refractivity contribution is 9.10. The summed E-state index contributed by atoms with van der Waals surface area (Å²) < 4.78 is 11.6. The Balaban J connectivity index is 2.32. The van der Waals surface area contributed by atoms with Gasteiger partial charge in [-0.25, -0.2) is 0 Å². The van der Waals surface area contributed by atoms with Crippen LogP contribution in [0.5, 0.6) is 0 Å². The molecule has 0 bridgehead atoms. The number of ether oxygens (including phenoxy) is 1. The van der Waals surface area contributed by atoms with Gasteiger partial charge in [0.1, 0.15) is 12.1 Å². The molecule has 0 saturated carbocycles. The smallest absolute Gasteiger partial charge is 0.325 e. The molecule has 6 heteroatoms. The summed E-state index contributed by atoms with van der Waals surface area (Å²) in [6.45, 7) is 6.24. The Morgan fingerprint density at radius 2 is 2.04 bits per heavy atom. The third-order valence-electron chi connectivity index (χ3n) is 3.50. The van der Waals surface area contributed by atoms with Gasteiger partial charge in [-0.1, -0.05) is 22.9 Å². The van der Waals surface area contributed by atoms with Crippen molar-refractivity contribution in [2.24, 2.45) is 0 Å². The zero-order chi connectivity index (χ0) is 17.0. The quantitative estimate of drug-likeness (QED) is 0.711. The van der Waals surface area contributed by atoms with Crippen molar-refractivity contribution in [2.75, 3.05) is 19.7 Å². The standard InChI is InChI=1S/C17H20BrNO4/c1-4-8-19(10-15(20)22-5-2)17(21)16-11(3)13-9-12(18)6-7-14(13)23-16/h6-7,9H,4-5,8,10H2,1-3H3. The van der Waals surface area contributed by atoms with E-state index in [1.165, 1.54) is 4.90 Å². The molecule has 1 aromatic heterocycles. The first-order valence-electron chi connectivity index (χ1n) is 7.61. The second-order valence-electron chi connectivity index (χ2n) is 5.23. The fourth-order valence-corrected chi connectivity index (χ4v) is 2.79. The largest absolute Gasteiger partial charge is 0.465 e. The van der Waals surface area contributed by atoms with Crippen LogP contribution in [0.15, 0.2) is 27.1 Å². The molecule has 0 N–H and O–H groups in total. The van der Waals surface area contributed by atoms with Gasteiger partial charge in [-0.2, -0.15) is 0 Å². The van der Waals surface area contributed by atoms with Gasteiger partial charge in [0.15, 0.2) is 5.76 Å². The third kappa shape index (κ3) is 3.93. The number of nitrogens with zero attached hydrogens (tertiary/aromatic N) is 1. The highest BCUT2D eigenvalue weighted by atomic mass is 79.9. The summed E-state index contributed by atoms with van der Waals surface area (Å²) in [5.74, 6) is -0.425. The first kappa shape index (κ1) is 17.5. The van der Waals surface area contributed by atoms with E-state index in [1.807, 2.05) is 32.0 Å². The van der Waals surface area contributed by atoms with E-state index in [1.54, 1.807) is 6.92 Å². The number of benzene rings is 1. The van der Waals surface area contributed by atoms with E-state index in [0.717, 1.165) is 21.8 Å². The topological polar surface area (TPSA) is 59.8 Å². The molecule has 0 aliphatic rings. The maximum atomic E-state index is 12.8. The number of hydrogen-bond donors (Lipinski definition) is 0. The second kappa shape index (κ2) is 7.64. The van der Waals surface area contributed by atoms with Crippen LogP contribution >= 0.6 is 15.9 Å². The molecule has 1 heterocycles. The number of fused-ring (bicyclic) bond motifs is 1. The minimum atomic E-state index is -0.411. The predicted molar refractivity (Wildman–Crippen MR) is 91.5 cm³/mol. The number of esters is 1. The summed E-state index contributed by atoms with van der Waals surface area (Å²) >= 11 is 3.42. The molecular weight excluding hydrogens is 362 g/mol. The summed E-state index contributed by atoms with van der Waals surface area (Å²) in [5.41, 5.74) is 1.43. The monoisotopic (exact) mass is 381 g/mol. The lowest BCUT2D eigenvalue weighted by molar-refractivity contribution is -0.143. The Hall–Kier alpha value is -1.82. The Morgan fingerprint density at radius 3 is 2.70 bits per heavy atom. The zero-order valence-electron chi connectivity index (χ0n) is 13.5. The van der Waals surface area contributed by atoms with Crippen LogP contribution < -0.4 is 0 Å². The predicted octanol–water partition coefficient (Wildman–Crippen LogP) is 3.92. The Kier molecular flexibility index (Phi) is 5.82. The molecule has 2 aromatic rings. The number of hydrogen-bond acceptors (Lipinski definition) is 4. The third-order valence-corrected chi connectivity index (χ3v) is 3.99. The average Bonchev–Trinajstić information content (AvgIpc) is 2.83. The van der Waals surface area contributed by atoms with Crippen molar-refractivity contribution in [3.8, 4) is 0 Å². The lowest BCUT2D eigenvalue weighted by Gasteiger charge is -2.20. The molecule has 5 nitrogen and oxygen atoms in total. The van der Waals surface area contributed by atoms with Crippen LogP contribution in [-0.2, 0) is 9.53 Å². The molecule has 124 valence electrons. The van der Waals surface area contributed by atoms with Crippen molar-refractivity contribution in [3.05, 3.63) is 34.0 Å². The van der Waals surface area contributed by atoms with E-state index in [4.69, 9.17) is 9.15 Å². The van der Waals surface area contributed by atoms with E-state index >= 15 is 0 Å². The van der Waals surface area contributed by atoms with Crippen LogP contribution in [0.3, 0.4) is 0 Å². The SMILES string of the molecule is CCCN(CC(=O)OCC)C(=O)c1oc2ccc(Br)cc2c1C. The summed E-state index contributed by atoms with van der Waals surface area (Å²) in [5, 5.41) is 0.885. The fourth-order valence-electron chi connectivity index (χ4n) is 2.43. The number of halogens is 1. The maximum Gasteiger partial charge on any atom is 0.325 e. The fraction of sp³-hybridized carbons (Fsp3) is 0.412. The second-order valence-corrected chi connectivity index (χ2v) is 6.14. The zero-order valence-corrected chi connectivity index (χ0v) is 15.1. The minimum Gasteiger partial charge on any atom is -0.465 e. The molecule has 0 spiro atoms. The van der Waals surface area contributed by atoms with Crippen molar-refractivity contribution in [3.63, 3.8) is 0 Å². The van der Waals surface area contributed by atoms with Crippen LogP contribution in [0.4, 0.5) is 0 Å². The molecule has 0 radical (unpaired) electrons. The van der Waals surface area contributed by atoms with Gasteiger partial charge in [0, 0.05) is 22.0 Å². The van der Waals surface area contributed by atoms with Crippen molar-refractivity contribution in [1.29, 1.82) is 0 Å². The van der Waals surface area contributed by atoms with Gasteiger partial charge in [0.05, 0.1) is 6.61 Å². The summed E-state index contributed by atoms with van der Waals surface area (Å²) in [6, 6.07) is 5.60. The molecule has 23 heavy (non-hydrogen) atoms. The lowest BCUT2D eigenvalue weighted by atomic mass is 10.1. The van der Waals surface area contributed by atoms with E-state index < -0.39 is 5.97 Å². The van der Waals surface area contributed by atoms with Crippen molar-refractivity contribution in [2.45, 2.75) is 27.2 Å². The van der Waals surface area contributed by atoms with Crippen molar-refractivity contribution in [1.82, 2.24) is 4.90 Å². The van der Waals surface area contributed by atoms with Crippen molar-refractivity contribution >= 4 is 38.8 Å². The van der Waals surface area contributed by atoms with E-state index in [-0.39, 0.29) is 18.2 Å². The first-order valence-corrected chi connectivity index (χ1v) is 8.40. The average molecular weight is 382 g/mol. The number of furan rings is 1. The van der Waals surface area contributed by atoms with Gasteiger partial charge in [-0.3, -0.25) is 9.59 Å². The van der Waals surface area contributed by atoms with Crippen molar-refractivity contribution < 1.29 is 18.7 Å². The molecule has 0 aliphatic carbocycles. The molecule has 2 rings (SSSR count). The van der Waals surface area contributed by atoms with E-state index in [0.29, 0.717) is 18.7 Å². The van der Waals surface area contributed by atoms with Crippen LogP contribution in [0.1, 0.15) is 36.4 Å². The molecule has 0 atom stereocenters. The Labute approximate surface area is 143 Å². The molecule has 0 saturated heterocycles. The molecule has 0 fully saturated rings. The number of aryl methyl sites for hydroxylation is 1. The van der Waals surface area contributed by atoms with Gasteiger partial charge in [-0.05, 0) is 38.5 Å². The van der Waals surface area contributed by atoms with E-state index in [2.05, 4.69) is 15.9 Å². The minimum absolute atomic E-state index is 0.0688. The van der Waals surface area contributed by atoms with Gasteiger partial charge in [0.25, 0.3) is 5.91 Å². The number of rotatable bonds is 6. The van der Waals surface area contributed by atoms with Crippen LogP contribution in [0, 0.1) is 6.92 Å². The Morgan fingerprint density at radius 1 is 1.30 bits per heavy atom. The maximum absolute atomic E-state index is 12.8. The molecule has 1 amide bonds. The highest BCUT2D eigenvalue weighted by Gasteiger charge is 2.25. The highest BCUT2D eigenvalue weighted by Crippen LogP contribution is 2.28. The normalized spacial score (nSPS) is 10.8. The molecular formula is C17H20BrNO4. The van der Waals surface area contributed by atoms with Gasteiger partial charge < -0.3 is 14.1 Å².